The quantitative estimate of drug-likeness (QED) is 0.716. The SMILES string of the molecule is C.C.CCCCC1CSC(CS)S1. The highest BCUT2D eigenvalue weighted by molar-refractivity contribution is 8.21. The Morgan fingerprint density at radius 1 is 1.38 bits per heavy atom. The molecule has 3 heteroatoms. The molecule has 0 radical (unpaired) electrons. The lowest BCUT2D eigenvalue weighted by Gasteiger charge is -2.06. The highest BCUT2D eigenvalue weighted by Gasteiger charge is 2.23. The fraction of sp³-hybridized carbons (Fsp3) is 1.00. The summed E-state index contributed by atoms with van der Waals surface area (Å²) >= 11 is 8.53. The second kappa shape index (κ2) is 9.60. The molecular weight excluding hydrogens is 216 g/mol. The molecule has 0 amide bonds. The third kappa shape index (κ3) is 6.19. The predicted octanol–water partition coefficient (Wildman–Crippen LogP) is 4.55. The van der Waals surface area contributed by atoms with Crippen molar-refractivity contribution < 1.29 is 0 Å². The third-order valence-electron chi connectivity index (χ3n) is 1.84. The lowest BCUT2D eigenvalue weighted by atomic mass is 10.2. The van der Waals surface area contributed by atoms with Gasteiger partial charge in [-0.05, 0) is 6.42 Å². The lowest BCUT2D eigenvalue weighted by molar-refractivity contribution is 0.720. The van der Waals surface area contributed by atoms with Gasteiger partial charge in [0.1, 0.15) is 0 Å². The van der Waals surface area contributed by atoms with Gasteiger partial charge in [0.25, 0.3) is 0 Å². The van der Waals surface area contributed by atoms with E-state index in [2.05, 4.69) is 43.1 Å². The van der Waals surface area contributed by atoms with E-state index in [-0.39, 0.29) is 14.9 Å². The van der Waals surface area contributed by atoms with Crippen LogP contribution >= 0.6 is 36.2 Å². The first-order valence-electron chi connectivity index (χ1n) is 4.24. The van der Waals surface area contributed by atoms with Crippen LogP contribution in [0.15, 0.2) is 0 Å². The number of rotatable bonds is 4. The summed E-state index contributed by atoms with van der Waals surface area (Å²) in [6.45, 7) is 2.27. The standard InChI is InChI=1S/C8H16S3.2CH4/c1-2-3-4-7-6-10-8(5-9)11-7;;/h7-9H,2-6H2,1H3;2*1H4. The highest BCUT2D eigenvalue weighted by atomic mass is 32.2. The minimum Gasteiger partial charge on any atom is -0.177 e. The topological polar surface area (TPSA) is 0 Å². The highest BCUT2D eigenvalue weighted by Crippen LogP contribution is 2.40. The van der Waals surface area contributed by atoms with Crippen molar-refractivity contribution in [2.45, 2.75) is 50.9 Å². The summed E-state index contributed by atoms with van der Waals surface area (Å²) in [6.07, 6.45) is 4.16. The van der Waals surface area contributed by atoms with E-state index >= 15 is 0 Å². The Morgan fingerprint density at radius 3 is 2.54 bits per heavy atom. The molecule has 0 aromatic carbocycles. The van der Waals surface area contributed by atoms with E-state index in [1.54, 1.807) is 0 Å². The Bertz CT molecular complexity index is 106. The van der Waals surface area contributed by atoms with Gasteiger partial charge in [-0.1, -0.05) is 34.6 Å². The molecule has 0 bridgehead atoms. The van der Waals surface area contributed by atoms with Gasteiger partial charge in [0.2, 0.25) is 0 Å². The third-order valence-corrected chi connectivity index (χ3v) is 6.04. The zero-order valence-corrected chi connectivity index (χ0v) is 9.48. The van der Waals surface area contributed by atoms with Gasteiger partial charge in [-0.3, -0.25) is 0 Å². The van der Waals surface area contributed by atoms with Crippen LogP contribution in [0, 0.1) is 0 Å². The van der Waals surface area contributed by atoms with Crippen molar-refractivity contribution in [2.75, 3.05) is 11.5 Å². The van der Waals surface area contributed by atoms with E-state index in [0.717, 1.165) is 15.6 Å². The van der Waals surface area contributed by atoms with Crippen LogP contribution in [0.1, 0.15) is 41.0 Å². The van der Waals surface area contributed by atoms with Crippen molar-refractivity contribution in [1.82, 2.24) is 0 Å². The monoisotopic (exact) mass is 240 g/mol. The molecule has 1 saturated heterocycles. The molecule has 1 aliphatic heterocycles. The average Bonchev–Trinajstić information content (AvgIpc) is 2.48. The minimum atomic E-state index is 0. The largest absolute Gasteiger partial charge is 0.177 e. The first kappa shape index (κ1) is 16.5. The molecule has 1 aliphatic rings. The first-order valence-corrected chi connectivity index (χ1v) is 6.87. The molecule has 2 atom stereocenters. The van der Waals surface area contributed by atoms with E-state index in [0.29, 0.717) is 0 Å². The fourth-order valence-electron chi connectivity index (χ4n) is 1.19. The summed E-state index contributed by atoms with van der Waals surface area (Å²) in [4.78, 5) is 0. The summed E-state index contributed by atoms with van der Waals surface area (Å²) in [6, 6.07) is 0. The van der Waals surface area contributed by atoms with Crippen LogP contribution in [0.4, 0.5) is 0 Å². The number of hydrogen-bond donors (Lipinski definition) is 1. The normalized spacial score (nSPS) is 26.3. The van der Waals surface area contributed by atoms with Crippen LogP contribution in [-0.2, 0) is 0 Å². The van der Waals surface area contributed by atoms with E-state index in [4.69, 9.17) is 0 Å². The average molecular weight is 241 g/mol. The Morgan fingerprint density at radius 2 is 2.08 bits per heavy atom. The van der Waals surface area contributed by atoms with E-state index in [1.807, 2.05) is 0 Å². The Hall–Kier alpha value is 1.05. The maximum atomic E-state index is 4.31. The maximum absolute atomic E-state index is 4.31. The fourth-order valence-corrected chi connectivity index (χ4v) is 4.85. The van der Waals surface area contributed by atoms with Crippen LogP contribution in [-0.4, -0.2) is 21.3 Å². The maximum Gasteiger partial charge on any atom is 0.0593 e. The predicted molar refractivity (Wildman–Crippen MR) is 74.5 cm³/mol. The Kier molecular flexibility index (Phi) is 12.2. The summed E-state index contributed by atoms with van der Waals surface area (Å²) < 4.78 is 0.778. The van der Waals surface area contributed by atoms with Gasteiger partial charge in [-0.25, -0.2) is 0 Å². The van der Waals surface area contributed by atoms with Crippen molar-refractivity contribution in [3.05, 3.63) is 0 Å². The Labute approximate surface area is 98.4 Å². The number of unbranched alkanes of at least 4 members (excludes halogenated alkanes) is 1. The van der Waals surface area contributed by atoms with Crippen LogP contribution in [0.5, 0.6) is 0 Å². The molecule has 0 aromatic rings. The zero-order valence-electron chi connectivity index (χ0n) is 6.95. The van der Waals surface area contributed by atoms with Gasteiger partial charge in [-0.15, -0.1) is 23.5 Å². The van der Waals surface area contributed by atoms with Gasteiger partial charge in [-0.2, -0.15) is 12.6 Å². The van der Waals surface area contributed by atoms with Crippen molar-refractivity contribution in [2.24, 2.45) is 0 Å². The van der Waals surface area contributed by atoms with Crippen LogP contribution in [0.2, 0.25) is 0 Å². The first-order chi connectivity index (χ1) is 5.36. The van der Waals surface area contributed by atoms with Gasteiger partial charge in [0.15, 0.2) is 0 Å². The molecule has 0 saturated carbocycles. The van der Waals surface area contributed by atoms with E-state index < -0.39 is 0 Å². The van der Waals surface area contributed by atoms with Crippen LogP contribution in [0.3, 0.4) is 0 Å². The van der Waals surface area contributed by atoms with Crippen molar-refractivity contribution >= 4 is 36.2 Å². The lowest BCUT2D eigenvalue weighted by Crippen LogP contribution is -2.00. The molecule has 0 nitrogen and oxygen atoms in total. The van der Waals surface area contributed by atoms with Gasteiger partial charge in [0.05, 0.1) is 4.58 Å². The van der Waals surface area contributed by atoms with Crippen molar-refractivity contribution in [3.63, 3.8) is 0 Å². The van der Waals surface area contributed by atoms with E-state index in [1.165, 1.54) is 25.0 Å². The molecule has 82 valence electrons. The zero-order chi connectivity index (χ0) is 8.10. The number of thioether (sulfide) groups is 2. The molecule has 0 spiro atoms. The molecule has 2 unspecified atom stereocenters. The van der Waals surface area contributed by atoms with E-state index in [9.17, 15) is 0 Å². The second-order valence-corrected chi connectivity index (χ2v) is 6.25. The molecule has 1 rings (SSSR count). The molecular formula is C10H24S3. The summed E-state index contributed by atoms with van der Waals surface area (Å²) in [7, 11) is 0. The summed E-state index contributed by atoms with van der Waals surface area (Å²) in [5, 5.41) is 0.928. The van der Waals surface area contributed by atoms with Gasteiger partial charge < -0.3 is 0 Å². The second-order valence-electron chi connectivity index (χ2n) is 2.85. The van der Waals surface area contributed by atoms with Gasteiger partial charge in [0, 0.05) is 16.8 Å². The summed E-state index contributed by atoms with van der Waals surface area (Å²) in [5.74, 6) is 2.40. The van der Waals surface area contributed by atoms with Crippen molar-refractivity contribution in [3.8, 4) is 0 Å². The van der Waals surface area contributed by atoms with Crippen LogP contribution < -0.4 is 0 Å². The molecule has 13 heavy (non-hydrogen) atoms. The molecule has 1 heterocycles. The van der Waals surface area contributed by atoms with Crippen LogP contribution in [0.25, 0.3) is 0 Å². The molecule has 0 N–H and O–H groups in total. The number of hydrogen-bond acceptors (Lipinski definition) is 3. The number of thiol groups is 1. The van der Waals surface area contributed by atoms with Crippen molar-refractivity contribution in [1.29, 1.82) is 0 Å². The Balaban J connectivity index is 0. The minimum absolute atomic E-state index is 0. The van der Waals surface area contributed by atoms with Gasteiger partial charge >= 0.3 is 0 Å². The molecule has 1 fully saturated rings. The molecule has 0 aliphatic carbocycles. The summed E-state index contributed by atoms with van der Waals surface area (Å²) in [5.41, 5.74) is 0. The smallest absolute Gasteiger partial charge is 0.0593 e. The molecule has 0 aromatic heterocycles.